The number of hydrazone groups is 1. The Morgan fingerprint density at radius 1 is 1.24 bits per heavy atom. The van der Waals surface area contributed by atoms with E-state index in [1.165, 1.54) is 18.3 Å². The number of halogens is 1. The third kappa shape index (κ3) is 3.70. The number of benzene rings is 2. The number of nitrogens with one attached hydrogen (secondary N) is 1. The highest BCUT2D eigenvalue weighted by Gasteiger charge is 2.13. The molecule has 2 aromatic carbocycles. The van der Waals surface area contributed by atoms with Crippen molar-refractivity contribution < 1.29 is 9.90 Å². The van der Waals surface area contributed by atoms with Crippen LogP contribution in [0.4, 0.5) is 0 Å². The topological polar surface area (TPSA) is 79.5 Å². The standard InChI is InChI=1S/C18H15ClN4O2/c1-12-16(17(19)23(22-12)14-7-3-2-4-8-14)11-20-21-18(25)13-6-5-9-15(24)10-13/h2-11,24H,1H3,(H,21,25)/b20-11-. The molecule has 0 aliphatic heterocycles. The zero-order valence-corrected chi connectivity index (χ0v) is 14.1. The van der Waals surface area contributed by atoms with E-state index in [4.69, 9.17) is 11.6 Å². The number of para-hydroxylation sites is 1. The van der Waals surface area contributed by atoms with E-state index in [1.54, 1.807) is 16.8 Å². The molecule has 25 heavy (non-hydrogen) atoms. The number of hydrogen-bond acceptors (Lipinski definition) is 4. The number of phenolic OH excluding ortho intramolecular Hbond substituents is 1. The van der Waals surface area contributed by atoms with Crippen molar-refractivity contribution in [1.29, 1.82) is 0 Å². The molecule has 0 atom stereocenters. The van der Waals surface area contributed by atoms with E-state index in [9.17, 15) is 9.90 Å². The van der Waals surface area contributed by atoms with Crippen LogP contribution in [-0.2, 0) is 0 Å². The second-order valence-corrected chi connectivity index (χ2v) is 5.64. The Labute approximate surface area is 149 Å². The van der Waals surface area contributed by atoms with Crippen LogP contribution in [0.25, 0.3) is 5.69 Å². The fourth-order valence-corrected chi connectivity index (χ4v) is 2.59. The van der Waals surface area contributed by atoms with E-state index in [2.05, 4.69) is 15.6 Å². The molecule has 0 spiro atoms. The molecule has 3 rings (SSSR count). The molecule has 0 unspecified atom stereocenters. The maximum atomic E-state index is 12.0. The molecule has 0 aliphatic rings. The summed E-state index contributed by atoms with van der Waals surface area (Å²) in [5.41, 5.74) is 4.84. The molecular weight excluding hydrogens is 340 g/mol. The van der Waals surface area contributed by atoms with Crippen LogP contribution in [0, 0.1) is 6.92 Å². The van der Waals surface area contributed by atoms with Crippen molar-refractivity contribution in [3.63, 3.8) is 0 Å². The summed E-state index contributed by atoms with van der Waals surface area (Å²) >= 11 is 6.38. The number of aromatic hydroxyl groups is 1. The van der Waals surface area contributed by atoms with E-state index in [-0.39, 0.29) is 5.75 Å². The van der Waals surface area contributed by atoms with Crippen molar-refractivity contribution in [3.05, 3.63) is 76.6 Å². The van der Waals surface area contributed by atoms with Crippen LogP contribution in [0.15, 0.2) is 59.7 Å². The number of carbonyl (C=O) groups excluding carboxylic acids is 1. The van der Waals surface area contributed by atoms with Crippen molar-refractivity contribution in [2.24, 2.45) is 5.10 Å². The summed E-state index contributed by atoms with van der Waals surface area (Å²) in [6.07, 6.45) is 1.45. The lowest BCUT2D eigenvalue weighted by Crippen LogP contribution is -2.17. The average molecular weight is 355 g/mol. The molecule has 6 nitrogen and oxygen atoms in total. The van der Waals surface area contributed by atoms with E-state index < -0.39 is 5.91 Å². The average Bonchev–Trinajstić information content (AvgIpc) is 2.90. The predicted molar refractivity (Wildman–Crippen MR) is 96.5 cm³/mol. The number of amides is 1. The van der Waals surface area contributed by atoms with E-state index in [0.29, 0.717) is 22.0 Å². The summed E-state index contributed by atoms with van der Waals surface area (Å²) in [5.74, 6) is -0.420. The number of aromatic nitrogens is 2. The van der Waals surface area contributed by atoms with Gasteiger partial charge in [-0.05, 0) is 37.3 Å². The molecule has 3 aromatic rings. The molecule has 2 N–H and O–H groups in total. The molecule has 126 valence electrons. The van der Waals surface area contributed by atoms with Crippen LogP contribution < -0.4 is 5.43 Å². The highest BCUT2D eigenvalue weighted by Crippen LogP contribution is 2.21. The summed E-state index contributed by atoms with van der Waals surface area (Å²) in [4.78, 5) is 12.0. The van der Waals surface area contributed by atoms with Crippen molar-refractivity contribution >= 4 is 23.7 Å². The van der Waals surface area contributed by atoms with Gasteiger partial charge in [0.2, 0.25) is 0 Å². The zero-order valence-electron chi connectivity index (χ0n) is 13.3. The Hall–Kier alpha value is -3.12. The number of phenols is 1. The van der Waals surface area contributed by atoms with Crippen LogP contribution in [-0.4, -0.2) is 27.0 Å². The number of hydrogen-bond donors (Lipinski definition) is 2. The first kappa shape index (κ1) is 16.7. The largest absolute Gasteiger partial charge is 0.508 e. The molecule has 0 saturated heterocycles. The van der Waals surface area contributed by atoms with Gasteiger partial charge in [-0.1, -0.05) is 35.9 Å². The fraction of sp³-hybridized carbons (Fsp3) is 0.0556. The number of rotatable bonds is 4. The monoisotopic (exact) mass is 354 g/mol. The third-order valence-electron chi connectivity index (χ3n) is 3.52. The maximum absolute atomic E-state index is 12.0. The van der Waals surface area contributed by atoms with Crippen LogP contribution in [0.1, 0.15) is 21.6 Å². The molecule has 0 bridgehead atoms. The van der Waals surface area contributed by atoms with Crippen molar-refractivity contribution in [2.75, 3.05) is 0 Å². The highest BCUT2D eigenvalue weighted by atomic mass is 35.5. The first-order chi connectivity index (χ1) is 12.1. The quantitative estimate of drug-likeness (QED) is 0.557. The van der Waals surface area contributed by atoms with Gasteiger partial charge < -0.3 is 5.11 Å². The number of aryl methyl sites for hydroxylation is 1. The Morgan fingerprint density at radius 2 is 2.00 bits per heavy atom. The Bertz CT molecular complexity index is 936. The maximum Gasteiger partial charge on any atom is 0.271 e. The molecule has 0 radical (unpaired) electrons. The molecule has 1 amide bonds. The van der Waals surface area contributed by atoms with Crippen LogP contribution in [0.2, 0.25) is 5.15 Å². The predicted octanol–water partition coefficient (Wildman–Crippen LogP) is 3.30. The minimum atomic E-state index is -0.434. The molecule has 1 aromatic heterocycles. The zero-order chi connectivity index (χ0) is 17.8. The first-order valence-electron chi connectivity index (χ1n) is 7.49. The van der Waals surface area contributed by atoms with Gasteiger partial charge in [0.05, 0.1) is 23.2 Å². The number of carbonyl (C=O) groups is 1. The van der Waals surface area contributed by atoms with Gasteiger partial charge in [-0.3, -0.25) is 4.79 Å². The van der Waals surface area contributed by atoms with Crippen LogP contribution in [0.5, 0.6) is 5.75 Å². The fourth-order valence-electron chi connectivity index (χ4n) is 2.27. The third-order valence-corrected chi connectivity index (χ3v) is 3.88. The second kappa shape index (κ2) is 7.19. The van der Waals surface area contributed by atoms with Crippen LogP contribution >= 0.6 is 11.6 Å². The summed E-state index contributed by atoms with van der Waals surface area (Å²) in [5, 5.41) is 18.1. The lowest BCUT2D eigenvalue weighted by atomic mass is 10.2. The van der Waals surface area contributed by atoms with Gasteiger partial charge in [-0.2, -0.15) is 10.2 Å². The molecule has 0 fully saturated rings. The van der Waals surface area contributed by atoms with Gasteiger partial charge in [0, 0.05) is 5.56 Å². The van der Waals surface area contributed by atoms with Gasteiger partial charge >= 0.3 is 0 Å². The van der Waals surface area contributed by atoms with Crippen molar-refractivity contribution in [3.8, 4) is 11.4 Å². The summed E-state index contributed by atoms with van der Waals surface area (Å²) in [6.45, 7) is 1.81. The van der Waals surface area contributed by atoms with Crippen LogP contribution in [0.3, 0.4) is 0 Å². The second-order valence-electron chi connectivity index (χ2n) is 5.29. The first-order valence-corrected chi connectivity index (χ1v) is 7.87. The van der Waals surface area contributed by atoms with Gasteiger partial charge in [0.1, 0.15) is 10.9 Å². The summed E-state index contributed by atoms with van der Waals surface area (Å²) in [6, 6.07) is 15.5. The molecule has 1 heterocycles. The lowest BCUT2D eigenvalue weighted by Gasteiger charge is -2.02. The van der Waals surface area contributed by atoms with E-state index >= 15 is 0 Å². The highest BCUT2D eigenvalue weighted by molar-refractivity contribution is 6.32. The normalized spacial score (nSPS) is 11.0. The molecule has 0 saturated carbocycles. The summed E-state index contributed by atoms with van der Waals surface area (Å²) in [7, 11) is 0. The van der Waals surface area contributed by atoms with Gasteiger partial charge in [-0.25, -0.2) is 10.1 Å². The van der Waals surface area contributed by atoms with E-state index in [0.717, 1.165) is 5.69 Å². The Kier molecular flexibility index (Phi) is 4.81. The minimum Gasteiger partial charge on any atom is -0.508 e. The van der Waals surface area contributed by atoms with Gasteiger partial charge in [0.15, 0.2) is 0 Å². The SMILES string of the molecule is Cc1nn(-c2ccccc2)c(Cl)c1/C=N\NC(=O)c1cccc(O)c1. The molecule has 7 heteroatoms. The molecular formula is C18H15ClN4O2. The number of nitrogens with zero attached hydrogens (tertiary/aromatic N) is 3. The van der Waals surface area contributed by atoms with E-state index in [1.807, 2.05) is 37.3 Å². The van der Waals surface area contributed by atoms with Gasteiger partial charge in [-0.15, -0.1) is 0 Å². The lowest BCUT2D eigenvalue weighted by molar-refractivity contribution is 0.0954. The Balaban J connectivity index is 1.78. The minimum absolute atomic E-state index is 0.0136. The van der Waals surface area contributed by atoms with Crippen molar-refractivity contribution in [1.82, 2.24) is 15.2 Å². The summed E-state index contributed by atoms with van der Waals surface area (Å²) < 4.78 is 1.61. The smallest absolute Gasteiger partial charge is 0.271 e. The van der Waals surface area contributed by atoms with Crippen molar-refractivity contribution in [2.45, 2.75) is 6.92 Å². The molecule has 0 aliphatic carbocycles. The Morgan fingerprint density at radius 3 is 2.72 bits per heavy atom. The van der Waals surface area contributed by atoms with Gasteiger partial charge in [0.25, 0.3) is 5.91 Å².